The van der Waals surface area contributed by atoms with Crippen molar-refractivity contribution in [3.63, 3.8) is 0 Å². The number of hydrogen-bond donors (Lipinski definition) is 1. The van der Waals surface area contributed by atoms with Crippen LogP contribution in [0.5, 0.6) is 0 Å². The summed E-state index contributed by atoms with van der Waals surface area (Å²) < 4.78 is 1.90. The number of aryl methyl sites for hydroxylation is 2. The summed E-state index contributed by atoms with van der Waals surface area (Å²) in [5, 5.41) is 8.02. The molecule has 1 fully saturated rings. The summed E-state index contributed by atoms with van der Waals surface area (Å²) in [5.74, 6) is 0.743. The van der Waals surface area contributed by atoms with Gasteiger partial charge in [-0.05, 0) is 37.7 Å². The van der Waals surface area contributed by atoms with Crippen molar-refractivity contribution in [3.8, 4) is 0 Å². The quantitative estimate of drug-likeness (QED) is 0.920. The zero-order valence-corrected chi connectivity index (χ0v) is 13.0. The summed E-state index contributed by atoms with van der Waals surface area (Å²) in [6, 6.07) is 0.636. The van der Waals surface area contributed by atoms with E-state index in [1.807, 2.05) is 23.4 Å². The third kappa shape index (κ3) is 3.10. The number of hydrogen-bond acceptors (Lipinski definition) is 4. The molecule has 2 aromatic rings. The maximum atomic E-state index is 4.32. The largest absolute Gasteiger partial charge is 0.309 e. The van der Waals surface area contributed by atoms with Crippen molar-refractivity contribution in [3.05, 3.63) is 34.0 Å². The Labute approximate surface area is 124 Å². The van der Waals surface area contributed by atoms with Crippen molar-refractivity contribution in [1.82, 2.24) is 20.1 Å². The second kappa shape index (κ2) is 6.06. The Hall–Kier alpha value is -1.20. The summed E-state index contributed by atoms with van der Waals surface area (Å²) >= 11 is 1.75. The van der Waals surface area contributed by atoms with Crippen LogP contribution in [-0.2, 0) is 20.0 Å². The average molecular weight is 290 g/mol. The zero-order chi connectivity index (χ0) is 13.9. The Kier molecular flexibility index (Phi) is 4.17. The van der Waals surface area contributed by atoms with Gasteiger partial charge in [-0.2, -0.15) is 5.10 Å². The highest BCUT2D eigenvalue weighted by molar-refractivity contribution is 7.09. The predicted molar refractivity (Wildman–Crippen MR) is 81.7 cm³/mol. The number of thiazole rings is 1. The van der Waals surface area contributed by atoms with Crippen molar-refractivity contribution in [2.75, 3.05) is 0 Å². The molecular formula is C15H22N4S. The van der Waals surface area contributed by atoms with E-state index in [0.29, 0.717) is 6.04 Å². The summed E-state index contributed by atoms with van der Waals surface area (Å²) in [5.41, 5.74) is 4.47. The minimum Gasteiger partial charge on any atom is -0.309 e. The Morgan fingerprint density at radius 1 is 1.45 bits per heavy atom. The molecule has 1 aliphatic rings. The van der Waals surface area contributed by atoms with Gasteiger partial charge in [0.05, 0.1) is 17.4 Å². The molecule has 0 aromatic carbocycles. The van der Waals surface area contributed by atoms with E-state index in [9.17, 15) is 0 Å². The molecule has 0 amide bonds. The number of rotatable bonds is 5. The lowest BCUT2D eigenvalue weighted by molar-refractivity contribution is 0.397. The smallest absolute Gasteiger partial charge is 0.0798 e. The van der Waals surface area contributed by atoms with Gasteiger partial charge in [-0.3, -0.25) is 4.68 Å². The first-order valence-corrected chi connectivity index (χ1v) is 8.20. The molecule has 1 saturated carbocycles. The second-order valence-corrected chi connectivity index (χ2v) is 6.71. The molecular weight excluding hydrogens is 268 g/mol. The molecule has 0 saturated heterocycles. The van der Waals surface area contributed by atoms with Gasteiger partial charge in [-0.15, -0.1) is 11.3 Å². The molecule has 2 aromatic heterocycles. The van der Waals surface area contributed by atoms with Crippen molar-refractivity contribution in [1.29, 1.82) is 0 Å². The predicted octanol–water partition coefficient (Wildman–Crippen LogP) is 2.69. The van der Waals surface area contributed by atoms with E-state index in [1.54, 1.807) is 11.3 Å². The molecule has 4 nitrogen and oxygen atoms in total. The van der Waals surface area contributed by atoms with Crippen LogP contribution in [-0.4, -0.2) is 20.8 Å². The minimum absolute atomic E-state index is 0.636. The van der Waals surface area contributed by atoms with Gasteiger partial charge in [-0.1, -0.05) is 6.42 Å². The summed E-state index contributed by atoms with van der Waals surface area (Å²) in [4.78, 5) is 5.69. The highest BCUT2D eigenvalue weighted by Gasteiger charge is 2.27. The molecule has 0 bridgehead atoms. The van der Waals surface area contributed by atoms with Gasteiger partial charge in [0, 0.05) is 30.7 Å². The summed E-state index contributed by atoms with van der Waals surface area (Å²) in [6.45, 7) is 3.06. The van der Waals surface area contributed by atoms with Crippen molar-refractivity contribution in [2.45, 2.75) is 45.2 Å². The molecule has 1 aliphatic carbocycles. The van der Waals surface area contributed by atoms with E-state index >= 15 is 0 Å². The average Bonchev–Trinajstić information content (AvgIpc) is 3.11. The lowest BCUT2D eigenvalue weighted by atomic mass is 9.96. The van der Waals surface area contributed by atoms with Crippen LogP contribution >= 0.6 is 11.3 Å². The van der Waals surface area contributed by atoms with Gasteiger partial charge in [0.15, 0.2) is 0 Å². The van der Waals surface area contributed by atoms with Crippen LogP contribution in [0.1, 0.15) is 35.4 Å². The Bertz CT molecular complexity index is 560. The van der Waals surface area contributed by atoms with Gasteiger partial charge in [-0.25, -0.2) is 4.98 Å². The third-order valence-corrected chi connectivity index (χ3v) is 5.22. The van der Waals surface area contributed by atoms with Gasteiger partial charge >= 0.3 is 0 Å². The highest BCUT2D eigenvalue weighted by Crippen LogP contribution is 2.29. The Morgan fingerprint density at radius 2 is 2.35 bits per heavy atom. The third-order valence-electron chi connectivity index (χ3n) is 4.28. The zero-order valence-electron chi connectivity index (χ0n) is 12.2. The SMILES string of the molecule is Cc1ncsc1CNC1CCCC1Cc1cnn(C)c1. The fraction of sp³-hybridized carbons (Fsp3) is 0.600. The van der Waals surface area contributed by atoms with Crippen LogP contribution in [0.2, 0.25) is 0 Å². The first-order valence-electron chi connectivity index (χ1n) is 7.32. The molecule has 3 rings (SSSR count). The fourth-order valence-electron chi connectivity index (χ4n) is 3.15. The molecule has 2 unspecified atom stereocenters. The lowest BCUT2D eigenvalue weighted by Gasteiger charge is -2.20. The molecule has 108 valence electrons. The molecule has 0 radical (unpaired) electrons. The van der Waals surface area contributed by atoms with Gasteiger partial charge in [0.25, 0.3) is 0 Å². The van der Waals surface area contributed by atoms with E-state index in [2.05, 4.69) is 28.5 Å². The molecule has 0 spiro atoms. The number of nitrogens with zero attached hydrogens (tertiary/aromatic N) is 3. The number of aromatic nitrogens is 3. The molecule has 1 N–H and O–H groups in total. The van der Waals surface area contributed by atoms with E-state index in [-0.39, 0.29) is 0 Å². The van der Waals surface area contributed by atoms with Crippen molar-refractivity contribution in [2.24, 2.45) is 13.0 Å². The van der Waals surface area contributed by atoms with Crippen LogP contribution in [0.15, 0.2) is 17.9 Å². The maximum absolute atomic E-state index is 4.32. The second-order valence-electron chi connectivity index (χ2n) is 5.77. The van der Waals surface area contributed by atoms with Crippen LogP contribution in [0.25, 0.3) is 0 Å². The summed E-state index contributed by atoms with van der Waals surface area (Å²) in [7, 11) is 1.99. The van der Waals surface area contributed by atoms with Gasteiger partial charge < -0.3 is 5.32 Å². The van der Waals surface area contributed by atoms with E-state index in [4.69, 9.17) is 0 Å². The maximum Gasteiger partial charge on any atom is 0.0798 e. The number of nitrogens with one attached hydrogen (secondary N) is 1. The molecule has 0 aliphatic heterocycles. The normalized spacial score (nSPS) is 22.5. The summed E-state index contributed by atoms with van der Waals surface area (Å²) in [6.07, 6.45) is 9.25. The first-order chi connectivity index (χ1) is 9.72. The Morgan fingerprint density at radius 3 is 3.05 bits per heavy atom. The van der Waals surface area contributed by atoms with Crippen molar-refractivity contribution >= 4 is 11.3 Å². The van der Waals surface area contributed by atoms with Gasteiger partial charge in [0.1, 0.15) is 0 Å². The fourth-order valence-corrected chi connectivity index (χ4v) is 3.88. The molecule has 2 heterocycles. The van der Waals surface area contributed by atoms with E-state index in [1.165, 1.54) is 35.4 Å². The monoisotopic (exact) mass is 290 g/mol. The topological polar surface area (TPSA) is 42.7 Å². The van der Waals surface area contributed by atoms with E-state index < -0.39 is 0 Å². The first kappa shape index (κ1) is 13.8. The standard InChI is InChI=1S/C15H22N4S/c1-11-15(20-10-17-11)8-16-14-5-3-4-13(14)6-12-7-18-19(2)9-12/h7,9-10,13-14,16H,3-6,8H2,1-2H3. The van der Waals surface area contributed by atoms with Crippen molar-refractivity contribution < 1.29 is 0 Å². The Balaban J connectivity index is 1.57. The van der Waals surface area contributed by atoms with Crippen LogP contribution in [0.4, 0.5) is 0 Å². The van der Waals surface area contributed by atoms with Crippen LogP contribution < -0.4 is 5.32 Å². The minimum atomic E-state index is 0.636. The molecule has 2 atom stereocenters. The van der Waals surface area contributed by atoms with Crippen LogP contribution in [0, 0.1) is 12.8 Å². The molecule has 20 heavy (non-hydrogen) atoms. The van der Waals surface area contributed by atoms with E-state index in [0.717, 1.165) is 18.9 Å². The lowest BCUT2D eigenvalue weighted by Crippen LogP contribution is -2.32. The van der Waals surface area contributed by atoms with Gasteiger partial charge in [0.2, 0.25) is 0 Å². The molecule has 5 heteroatoms. The van der Waals surface area contributed by atoms with Crippen LogP contribution in [0.3, 0.4) is 0 Å². The highest BCUT2D eigenvalue weighted by atomic mass is 32.1.